The highest BCUT2D eigenvalue weighted by molar-refractivity contribution is 6.14. The van der Waals surface area contributed by atoms with Crippen molar-refractivity contribution >= 4 is 17.4 Å². The van der Waals surface area contributed by atoms with E-state index in [9.17, 15) is 9.59 Å². The number of anilines is 1. The third-order valence-corrected chi connectivity index (χ3v) is 4.19. The standard InChI is InChI=1S/C20H23NO4/c1-2-3-4-8-11-15-16(20(23)25-24)12-13-17(21)18(15)19(22)14-9-6-5-7-10-14/h5-7,9-10,12-13,24H,2-4,8,11,21H2,1H3. The summed E-state index contributed by atoms with van der Waals surface area (Å²) < 4.78 is 0. The zero-order valence-corrected chi connectivity index (χ0v) is 14.3. The number of carbonyl (C=O) groups is 2. The SMILES string of the molecule is CCCCCCc1c(C(=O)OO)ccc(N)c1C(=O)c1ccccc1. The molecule has 0 aliphatic carbocycles. The molecule has 0 aromatic heterocycles. The van der Waals surface area contributed by atoms with E-state index in [1.807, 2.05) is 6.07 Å². The zero-order chi connectivity index (χ0) is 18.2. The molecule has 0 atom stereocenters. The summed E-state index contributed by atoms with van der Waals surface area (Å²) in [7, 11) is 0. The van der Waals surface area contributed by atoms with Gasteiger partial charge >= 0.3 is 5.97 Å². The Morgan fingerprint density at radius 1 is 1.04 bits per heavy atom. The van der Waals surface area contributed by atoms with Gasteiger partial charge in [-0.2, -0.15) is 5.26 Å². The van der Waals surface area contributed by atoms with E-state index >= 15 is 0 Å². The molecule has 5 nitrogen and oxygen atoms in total. The molecule has 0 bridgehead atoms. The van der Waals surface area contributed by atoms with Gasteiger partial charge in [-0.3, -0.25) is 9.68 Å². The van der Waals surface area contributed by atoms with Crippen molar-refractivity contribution in [3.8, 4) is 0 Å². The largest absolute Gasteiger partial charge is 0.398 e. The van der Waals surface area contributed by atoms with Crippen LogP contribution in [0.2, 0.25) is 0 Å². The second-order valence-corrected chi connectivity index (χ2v) is 5.94. The summed E-state index contributed by atoms with van der Waals surface area (Å²) >= 11 is 0. The lowest BCUT2D eigenvalue weighted by Gasteiger charge is -2.15. The van der Waals surface area contributed by atoms with Crippen LogP contribution < -0.4 is 5.73 Å². The lowest BCUT2D eigenvalue weighted by molar-refractivity contribution is -0.182. The van der Waals surface area contributed by atoms with Gasteiger partial charge in [0.15, 0.2) is 5.78 Å². The van der Waals surface area contributed by atoms with E-state index in [1.165, 1.54) is 12.1 Å². The molecular formula is C20H23NO4. The number of nitrogen functional groups attached to an aromatic ring is 1. The van der Waals surface area contributed by atoms with Crippen molar-refractivity contribution in [2.45, 2.75) is 39.0 Å². The van der Waals surface area contributed by atoms with Crippen LogP contribution in [-0.4, -0.2) is 17.0 Å². The minimum atomic E-state index is -0.882. The van der Waals surface area contributed by atoms with Gasteiger partial charge in [0.25, 0.3) is 0 Å². The van der Waals surface area contributed by atoms with Gasteiger partial charge in [0, 0.05) is 16.8 Å². The number of benzene rings is 2. The first kappa shape index (κ1) is 18.7. The van der Waals surface area contributed by atoms with Gasteiger partial charge < -0.3 is 5.73 Å². The van der Waals surface area contributed by atoms with E-state index < -0.39 is 5.97 Å². The van der Waals surface area contributed by atoms with Crippen molar-refractivity contribution in [2.24, 2.45) is 0 Å². The Morgan fingerprint density at radius 3 is 2.40 bits per heavy atom. The average Bonchev–Trinajstić information content (AvgIpc) is 2.65. The first-order valence-electron chi connectivity index (χ1n) is 8.47. The Kier molecular flexibility index (Phi) is 6.71. The molecule has 3 N–H and O–H groups in total. The van der Waals surface area contributed by atoms with Gasteiger partial charge in [-0.15, -0.1) is 0 Å². The molecule has 0 heterocycles. The molecule has 2 rings (SSSR count). The summed E-state index contributed by atoms with van der Waals surface area (Å²) in [6.07, 6.45) is 4.47. The Bertz CT molecular complexity index is 741. The number of hydrogen-bond acceptors (Lipinski definition) is 5. The molecule has 2 aromatic rings. The Balaban J connectivity index is 2.48. The Morgan fingerprint density at radius 2 is 1.76 bits per heavy atom. The Hall–Kier alpha value is -2.66. The molecule has 0 saturated heterocycles. The van der Waals surface area contributed by atoms with Crippen LogP contribution in [0.1, 0.15) is 64.4 Å². The molecular weight excluding hydrogens is 318 g/mol. The van der Waals surface area contributed by atoms with Crippen LogP contribution in [-0.2, 0) is 11.3 Å². The monoisotopic (exact) mass is 341 g/mol. The van der Waals surface area contributed by atoms with Gasteiger partial charge in [-0.05, 0) is 30.5 Å². The fraction of sp³-hybridized carbons (Fsp3) is 0.300. The fourth-order valence-corrected chi connectivity index (χ4v) is 2.90. The molecule has 5 heteroatoms. The molecule has 25 heavy (non-hydrogen) atoms. The summed E-state index contributed by atoms with van der Waals surface area (Å²) in [5.74, 6) is -1.12. The summed E-state index contributed by atoms with van der Waals surface area (Å²) in [5, 5.41) is 8.77. The van der Waals surface area contributed by atoms with Crippen molar-refractivity contribution in [3.63, 3.8) is 0 Å². The van der Waals surface area contributed by atoms with E-state index in [1.54, 1.807) is 24.3 Å². The second-order valence-electron chi connectivity index (χ2n) is 5.94. The number of carbonyl (C=O) groups excluding carboxylic acids is 2. The van der Waals surface area contributed by atoms with Gasteiger partial charge in [-0.1, -0.05) is 56.5 Å². The minimum Gasteiger partial charge on any atom is -0.398 e. The van der Waals surface area contributed by atoms with Crippen LogP contribution in [0.25, 0.3) is 0 Å². The van der Waals surface area contributed by atoms with Crippen LogP contribution in [0.3, 0.4) is 0 Å². The third kappa shape index (κ3) is 4.45. The van der Waals surface area contributed by atoms with E-state index in [2.05, 4.69) is 11.8 Å². The van der Waals surface area contributed by atoms with Crippen LogP contribution in [0, 0.1) is 0 Å². The normalized spacial score (nSPS) is 10.5. The maximum atomic E-state index is 12.9. The van der Waals surface area contributed by atoms with Crippen molar-refractivity contribution in [1.82, 2.24) is 0 Å². The lowest BCUT2D eigenvalue weighted by atomic mass is 9.90. The van der Waals surface area contributed by atoms with Gasteiger partial charge in [0.2, 0.25) is 0 Å². The molecule has 0 amide bonds. The fourth-order valence-electron chi connectivity index (χ4n) is 2.90. The summed E-state index contributed by atoms with van der Waals surface area (Å²) in [6, 6.07) is 11.8. The quantitative estimate of drug-likeness (QED) is 0.246. The van der Waals surface area contributed by atoms with E-state index in [0.717, 1.165) is 25.7 Å². The van der Waals surface area contributed by atoms with Gasteiger partial charge in [0.1, 0.15) is 0 Å². The maximum absolute atomic E-state index is 12.9. The molecule has 0 radical (unpaired) electrons. The molecule has 0 saturated carbocycles. The number of nitrogens with two attached hydrogens (primary N) is 1. The highest BCUT2D eigenvalue weighted by Crippen LogP contribution is 2.27. The maximum Gasteiger partial charge on any atom is 0.373 e. The highest BCUT2D eigenvalue weighted by atomic mass is 17.1. The van der Waals surface area contributed by atoms with E-state index in [4.69, 9.17) is 11.0 Å². The number of rotatable bonds is 8. The number of unbranched alkanes of at least 4 members (excludes halogenated alkanes) is 3. The molecule has 0 unspecified atom stereocenters. The van der Waals surface area contributed by atoms with Crippen LogP contribution in [0.4, 0.5) is 5.69 Å². The average molecular weight is 341 g/mol. The second kappa shape index (κ2) is 8.99. The molecule has 2 aromatic carbocycles. The predicted molar refractivity (Wildman–Crippen MR) is 96.6 cm³/mol. The smallest absolute Gasteiger partial charge is 0.373 e. The van der Waals surface area contributed by atoms with Crippen molar-refractivity contribution < 1.29 is 19.7 Å². The van der Waals surface area contributed by atoms with E-state index in [0.29, 0.717) is 28.8 Å². The predicted octanol–water partition coefficient (Wildman–Crippen LogP) is 4.25. The van der Waals surface area contributed by atoms with E-state index in [-0.39, 0.29) is 11.3 Å². The van der Waals surface area contributed by atoms with Crippen molar-refractivity contribution in [1.29, 1.82) is 0 Å². The number of ketones is 1. The molecule has 0 aliphatic rings. The first-order valence-corrected chi connectivity index (χ1v) is 8.47. The molecule has 132 valence electrons. The van der Waals surface area contributed by atoms with Crippen LogP contribution in [0.5, 0.6) is 0 Å². The van der Waals surface area contributed by atoms with Crippen LogP contribution >= 0.6 is 0 Å². The minimum absolute atomic E-state index is 0.174. The van der Waals surface area contributed by atoms with Crippen molar-refractivity contribution in [3.05, 3.63) is 64.7 Å². The molecule has 0 aliphatic heterocycles. The number of hydrogen-bond donors (Lipinski definition) is 2. The summed E-state index contributed by atoms with van der Waals surface area (Å²) in [6.45, 7) is 2.11. The van der Waals surface area contributed by atoms with Gasteiger partial charge in [-0.25, -0.2) is 4.79 Å². The summed E-state index contributed by atoms with van der Waals surface area (Å²) in [4.78, 5) is 28.8. The Labute approximate surface area is 147 Å². The van der Waals surface area contributed by atoms with Crippen LogP contribution in [0.15, 0.2) is 42.5 Å². The first-order chi connectivity index (χ1) is 12.1. The lowest BCUT2D eigenvalue weighted by Crippen LogP contribution is -2.15. The van der Waals surface area contributed by atoms with Gasteiger partial charge in [0.05, 0.1) is 5.56 Å². The highest BCUT2D eigenvalue weighted by Gasteiger charge is 2.23. The summed E-state index contributed by atoms with van der Waals surface area (Å²) in [5.41, 5.74) is 7.89. The molecule has 0 spiro atoms. The third-order valence-electron chi connectivity index (χ3n) is 4.19. The topological polar surface area (TPSA) is 89.6 Å². The molecule has 0 fully saturated rings. The zero-order valence-electron chi connectivity index (χ0n) is 14.3. The van der Waals surface area contributed by atoms with Crippen molar-refractivity contribution in [2.75, 3.05) is 5.73 Å².